The van der Waals surface area contributed by atoms with Crippen molar-refractivity contribution in [2.45, 2.75) is 36.4 Å². The molecule has 1 atom stereocenters. The minimum Gasteiger partial charge on any atom is -0.507 e. The first-order valence-electron chi connectivity index (χ1n) is 16.0. The van der Waals surface area contributed by atoms with E-state index in [0.29, 0.717) is 70.6 Å². The Morgan fingerprint density at radius 1 is 0.939 bits per heavy atom. The third-order valence-corrected chi connectivity index (χ3v) is 10.2. The van der Waals surface area contributed by atoms with Gasteiger partial charge in [0.1, 0.15) is 19.0 Å². The number of fused-ring (bicyclic) bond motifs is 2. The number of amides is 1. The Morgan fingerprint density at radius 3 is 2.59 bits per heavy atom. The molecule has 1 N–H and O–H groups in total. The zero-order valence-electron chi connectivity index (χ0n) is 26.9. The largest absolute Gasteiger partial charge is 0.507 e. The Hall–Kier alpha value is -5.07. The van der Waals surface area contributed by atoms with E-state index in [1.807, 2.05) is 32.0 Å². The maximum Gasteiger partial charge on any atom is 0.301 e. The molecule has 1 saturated heterocycles. The fourth-order valence-corrected chi connectivity index (χ4v) is 7.77. The number of thioether (sulfide) groups is 1. The number of Topliss-reactive ketones (excluding diaryl/α,β-unsaturated/α-hetero) is 1. The van der Waals surface area contributed by atoms with Gasteiger partial charge in [0, 0.05) is 11.3 Å². The zero-order valence-corrected chi connectivity index (χ0v) is 28.5. The van der Waals surface area contributed by atoms with Crippen molar-refractivity contribution in [3.63, 3.8) is 0 Å². The zero-order chi connectivity index (χ0) is 33.9. The fraction of sp³-hybridized carbons (Fsp3) is 0.243. The Balaban J connectivity index is 1.28. The average molecular weight is 696 g/mol. The standard InChI is InChI=1S/C37H33N3O7S2/c1-3-16-45-27-14-12-23(19-29(27)44-4-2)32-31(33(41)24-13-15-28-30(20-24)47-18-17-46-28)34(42)35(43)40(32)36-38-39-37(49-36)48-21-25-10-7-9-22-8-5-6-11-26(22)25/h5-15,19-20,32,41H,3-4,16-18,21H2,1-2H3/t32-/m0/s1. The first-order valence-corrected chi connectivity index (χ1v) is 17.8. The van der Waals surface area contributed by atoms with Crippen LogP contribution >= 0.6 is 23.1 Å². The summed E-state index contributed by atoms with van der Waals surface area (Å²) < 4.78 is 23.8. The maximum absolute atomic E-state index is 13.9. The van der Waals surface area contributed by atoms with E-state index >= 15 is 0 Å². The van der Waals surface area contributed by atoms with Crippen LogP contribution in [0.5, 0.6) is 23.0 Å². The van der Waals surface area contributed by atoms with Crippen molar-refractivity contribution in [2.24, 2.45) is 0 Å². The van der Waals surface area contributed by atoms with E-state index in [0.717, 1.165) is 22.8 Å². The summed E-state index contributed by atoms with van der Waals surface area (Å²) in [4.78, 5) is 29.1. The van der Waals surface area contributed by atoms with E-state index in [1.165, 1.54) is 28.0 Å². The highest BCUT2D eigenvalue weighted by molar-refractivity contribution is 8.00. The van der Waals surface area contributed by atoms with Crippen molar-refractivity contribution in [1.82, 2.24) is 10.2 Å². The van der Waals surface area contributed by atoms with E-state index in [2.05, 4.69) is 34.5 Å². The fourth-order valence-electron chi connectivity index (χ4n) is 5.90. The second-order valence-electron chi connectivity index (χ2n) is 11.3. The molecule has 2 aliphatic heterocycles. The third-order valence-electron chi connectivity index (χ3n) is 8.14. The van der Waals surface area contributed by atoms with Gasteiger partial charge in [0.2, 0.25) is 5.13 Å². The summed E-state index contributed by atoms with van der Waals surface area (Å²) in [5, 5.41) is 23.0. The summed E-state index contributed by atoms with van der Waals surface area (Å²) in [6.45, 7) is 5.50. The number of carbonyl (C=O) groups is 2. The van der Waals surface area contributed by atoms with Gasteiger partial charge in [0.15, 0.2) is 27.3 Å². The van der Waals surface area contributed by atoms with Gasteiger partial charge in [-0.25, -0.2) is 0 Å². The highest BCUT2D eigenvalue weighted by Gasteiger charge is 2.48. The van der Waals surface area contributed by atoms with Gasteiger partial charge >= 0.3 is 5.91 Å². The summed E-state index contributed by atoms with van der Waals surface area (Å²) in [7, 11) is 0. The molecule has 250 valence electrons. The Labute approximate surface area is 291 Å². The average Bonchev–Trinajstić information content (AvgIpc) is 3.71. The SMILES string of the molecule is CCCOc1ccc([C@H]2C(=C(O)c3ccc4c(c3)OCCO4)C(=O)C(=O)N2c2nnc(SCc3cccc4ccccc34)s2)cc1OCC. The number of aliphatic hydroxyl groups is 1. The predicted molar refractivity (Wildman–Crippen MR) is 189 cm³/mol. The molecule has 12 heteroatoms. The summed E-state index contributed by atoms with van der Waals surface area (Å²) in [6, 6.07) is 23.5. The minimum absolute atomic E-state index is 0.0912. The first-order chi connectivity index (χ1) is 24.0. The van der Waals surface area contributed by atoms with Gasteiger partial charge in [-0.15, -0.1) is 10.2 Å². The van der Waals surface area contributed by atoms with Gasteiger partial charge in [-0.05, 0) is 65.6 Å². The molecule has 5 aromatic rings. The number of benzene rings is 4. The number of aliphatic hydroxyl groups excluding tert-OH is 1. The van der Waals surface area contributed by atoms with Crippen molar-refractivity contribution in [1.29, 1.82) is 0 Å². The lowest BCUT2D eigenvalue weighted by molar-refractivity contribution is -0.132. The smallest absolute Gasteiger partial charge is 0.301 e. The van der Waals surface area contributed by atoms with Crippen LogP contribution in [0.4, 0.5) is 5.13 Å². The number of anilines is 1. The molecule has 1 fully saturated rings. The van der Waals surface area contributed by atoms with Gasteiger partial charge < -0.3 is 24.1 Å². The van der Waals surface area contributed by atoms with Crippen LogP contribution in [0.3, 0.4) is 0 Å². The van der Waals surface area contributed by atoms with Gasteiger partial charge in [-0.3, -0.25) is 14.5 Å². The van der Waals surface area contributed by atoms with Crippen LogP contribution < -0.4 is 23.8 Å². The van der Waals surface area contributed by atoms with Crippen LogP contribution in [0.2, 0.25) is 0 Å². The number of nitrogens with zero attached hydrogens (tertiary/aromatic N) is 3. The molecule has 0 radical (unpaired) electrons. The molecule has 3 heterocycles. The first kappa shape index (κ1) is 32.5. The molecule has 4 aromatic carbocycles. The van der Waals surface area contributed by atoms with Crippen molar-refractivity contribution in [2.75, 3.05) is 31.3 Å². The lowest BCUT2D eigenvalue weighted by Crippen LogP contribution is -2.29. The normalized spacial score (nSPS) is 16.7. The second kappa shape index (κ2) is 14.2. The summed E-state index contributed by atoms with van der Waals surface area (Å²) in [6.07, 6.45) is 0.806. The number of rotatable bonds is 11. The van der Waals surface area contributed by atoms with Gasteiger partial charge in [0.05, 0.1) is 24.8 Å². The van der Waals surface area contributed by atoms with Crippen LogP contribution in [0.25, 0.3) is 16.5 Å². The lowest BCUT2D eigenvalue weighted by Gasteiger charge is -2.24. The summed E-state index contributed by atoms with van der Waals surface area (Å²) >= 11 is 2.71. The number of ketones is 1. The van der Waals surface area contributed by atoms with Gasteiger partial charge in [-0.2, -0.15) is 0 Å². The van der Waals surface area contributed by atoms with Crippen molar-refractivity contribution < 1.29 is 33.6 Å². The van der Waals surface area contributed by atoms with Crippen molar-refractivity contribution in [3.05, 3.63) is 101 Å². The monoisotopic (exact) mass is 695 g/mol. The van der Waals surface area contributed by atoms with E-state index < -0.39 is 17.7 Å². The molecule has 1 amide bonds. The number of carbonyl (C=O) groups excluding carboxylic acids is 2. The third kappa shape index (κ3) is 6.41. The summed E-state index contributed by atoms with van der Waals surface area (Å²) in [5.74, 6) is 0.597. The molecule has 2 aliphatic rings. The Bertz CT molecular complexity index is 2070. The molecule has 0 bridgehead atoms. The molecular formula is C37H33N3O7S2. The molecule has 0 aliphatic carbocycles. The molecule has 0 unspecified atom stereocenters. The molecule has 49 heavy (non-hydrogen) atoms. The number of aromatic nitrogens is 2. The molecule has 1 aromatic heterocycles. The highest BCUT2D eigenvalue weighted by Crippen LogP contribution is 2.46. The highest BCUT2D eigenvalue weighted by atomic mass is 32.2. The van der Waals surface area contributed by atoms with Crippen LogP contribution in [0.15, 0.2) is 88.8 Å². The van der Waals surface area contributed by atoms with Gasteiger partial charge in [-0.1, -0.05) is 78.6 Å². The molecule has 10 nitrogen and oxygen atoms in total. The van der Waals surface area contributed by atoms with E-state index in [-0.39, 0.29) is 16.5 Å². The number of ether oxygens (including phenoxy) is 4. The van der Waals surface area contributed by atoms with Gasteiger partial charge in [0.25, 0.3) is 5.78 Å². The number of hydrogen-bond acceptors (Lipinski definition) is 11. The van der Waals surface area contributed by atoms with Crippen LogP contribution in [0.1, 0.15) is 43.0 Å². The molecule has 0 spiro atoms. The molecule has 0 saturated carbocycles. The predicted octanol–water partition coefficient (Wildman–Crippen LogP) is 7.57. The van der Waals surface area contributed by atoms with Crippen molar-refractivity contribution >= 4 is 56.5 Å². The topological polar surface area (TPSA) is 120 Å². The van der Waals surface area contributed by atoms with Crippen molar-refractivity contribution in [3.8, 4) is 23.0 Å². The van der Waals surface area contributed by atoms with Crippen LogP contribution in [-0.2, 0) is 15.3 Å². The maximum atomic E-state index is 13.9. The second-order valence-corrected chi connectivity index (χ2v) is 13.5. The van der Waals surface area contributed by atoms with E-state index in [1.54, 1.807) is 36.4 Å². The van der Waals surface area contributed by atoms with Crippen LogP contribution in [0, 0.1) is 0 Å². The lowest BCUT2D eigenvalue weighted by atomic mass is 9.95. The molecule has 7 rings (SSSR count). The summed E-state index contributed by atoms with van der Waals surface area (Å²) in [5.41, 5.74) is 1.90. The molecular weight excluding hydrogens is 663 g/mol. The van der Waals surface area contributed by atoms with E-state index in [4.69, 9.17) is 18.9 Å². The minimum atomic E-state index is -1.03. The Kier molecular flexibility index (Phi) is 9.41. The van der Waals surface area contributed by atoms with Crippen LogP contribution in [-0.4, -0.2) is 53.4 Å². The number of hydrogen-bond donors (Lipinski definition) is 1. The van der Waals surface area contributed by atoms with E-state index in [9.17, 15) is 14.7 Å². The Morgan fingerprint density at radius 2 is 1.76 bits per heavy atom. The quantitative estimate of drug-likeness (QED) is 0.0487.